The topological polar surface area (TPSA) is 41.5 Å². The first-order valence-electron chi connectivity index (χ1n) is 6.99. The summed E-state index contributed by atoms with van der Waals surface area (Å²) in [6.07, 6.45) is 4.37. The number of hydrogen-bond donors (Lipinski definition) is 1. The van der Waals surface area contributed by atoms with E-state index in [4.69, 9.17) is 0 Å². The van der Waals surface area contributed by atoms with Gasteiger partial charge in [0.2, 0.25) is 0 Å². The van der Waals surface area contributed by atoms with Gasteiger partial charge in [-0.15, -0.1) is 0 Å². The van der Waals surface area contributed by atoms with Crippen LogP contribution in [-0.4, -0.2) is 11.6 Å². The molecule has 102 valence electrons. The molecular weight excluding hydrogens is 236 g/mol. The van der Waals surface area contributed by atoms with E-state index in [1.54, 1.807) is 0 Å². The van der Waals surface area contributed by atoms with Crippen LogP contribution in [-0.2, 0) is 0 Å². The fourth-order valence-corrected chi connectivity index (χ4v) is 2.28. The molecule has 0 spiro atoms. The van der Waals surface area contributed by atoms with Crippen LogP contribution in [0.4, 0.5) is 0 Å². The number of nitrogens with zero attached hydrogens (tertiary/aromatic N) is 1. The molecule has 1 N–H and O–H groups in total. The predicted octanol–water partition coefficient (Wildman–Crippen LogP) is 3.60. The minimum atomic E-state index is -0.116. The van der Waals surface area contributed by atoms with Gasteiger partial charge in [0.25, 0.3) is 5.91 Å². The number of nitrogens with one attached hydrogen (secondary N) is 1. The van der Waals surface area contributed by atoms with Crippen molar-refractivity contribution in [1.82, 2.24) is 5.43 Å². The number of benzene rings is 1. The number of amides is 1. The van der Waals surface area contributed by atoms with Crippen LogP contribution in [0.1, 0.15) is 54.1 Å². The summed E-state index contributed by atoms with van der Waals surface area (Å²) in [5.41, 5.74) is 6.81. The lowest BCUT2D eigenvalue weighted by atomic mass is 9.90. The lowest BCUT2D eigenvalue weighted by Gasteiger charge is -2.18. The Morgan fingerprint density at radius 2 is 1.89 bits per heavy atom. The summed E-state index contributed by atoms with van der Waals surface area (Å²) in [7, 11) is 0. The van der Waals surface area contributed by atoms with Gasteiger partial charge in [0, 0.05) is 11.3 Å². The Bertz CT molecular complexity index is 495. The highest BCUT2D eigenvalue weighted by atomic mass is 16.2. The molecule has 1 aliphatic rings. The summed E-state index contributed by atoms with van der Waals surface area (Å²) in [6, 6.07) is 5.73. The molecule has 19 heavy (non-hydrogen) atoms. The first-order valence-corrected chi connectivity index (χ1v) is 6.99. The monoisotopic (exact) mass is 258 g/mol. The van der Waals surface area contributed by atoms with Gasteiger partial charge in [0.1, 0.15) is 0 Å². The minimum Gasteiger partial charge on any atom is -0.267 e. The molecule has 1 aliphatic carbocycles. The molecule has 3 nitrogen and oxygen atoms in total. The van der Waals surface area contributed by atoms with Crippen molar-refractivity contribution in [1.29, 1.82) is 0 Å². The van der Waals surface area contributed by atoms with Gasteiger partial charge < -0.3 is 0 Å². The van der Waals surface area contributed by atoms with E-state index >= 15 is 0 Å². The molecule has 0 radical (unpaired) electrons. The molecule has 0 unspecified atom stereocenters. The Morgan fingerprint density at radius 3 is 2.53 bits per heavy atom. The third-order valence-electron chi connectivity index (χ3n) is 3.94. The summed E-state index contributed by atoms with van der Waals surface area (Å²) >= 11 is 0. The molecule has 0 atom stereocenters. The van der Waals surface area contributed by atoms with Crippen LogP contribution >= 0.6 is 0 Å². The number of carbonyl (C=O) groups is 1. The third-order valence-corrected chi connectivity index (χ3v) is 3.94. The molecule has 0 aromatic heterocycles. The van der Waals surface area contributed by atoms with Gasteiger partial charge in [0.15, 0.2) is 0 Å². The van der Waals surface area contributed by atoms with Crippen molar-refractivity contribution >= 4 is 11.6 Å². The molecule has 0 bridgehead atoms. The van der Waals surface area contributed by atoms with Gasteiger partial charge in [-0.3, -0.25) is 4.79 Å². The SMILES string of the molecule is Cc1ccc(C(=O)NN=C2CCC(C)CC2)cc1C. The first-order chi connectivity index (χ1) is 9.06. The molecule has 1 aromatic carbocycles. The van der Waals surface area contributed by atoms with Crippen molar-refractivity contribution in [3.8, 4) is 0 Å². The number of carbonyl (C=O) groups excluding carboxylic acids is 1. The van der Waals surface area contributed by atoms with E-state index in [1.807, 2.05) is 32.0 Å². The average molecular weight is 258 g/mol. The maximum atomic E-state index is 12.0. The van der Waals surface area contributed by atoms with Crippen LogP contribution in [0.2, 0.25) is 0 Å². The zero-order valence-electron chi connectivity index (χ0n) is 12.0. The maximum Gasteiger partial charge on any atom is 0.271 e. The van der Waals surface area contributed by atoms with Crippen LogP contribution in [0, 0.1) is 19.8 Å². The van der Waals surface area contributed by atoms with Crippen LogP contribution in [0.5, 0.6) is 0 Å². The summed E-state index contributed by atoms with van der Waals surface area (Å²) < 4.78 is 0. The fraction of sp³-hybridized carbons (Fsp3) is 0.500. The molecule has 0 saturated heterocycles. The highest BCUT2D eigenvalue weighted by molar-refractivity contribution is 5.95. The second-order valence-electron chi connectivity index (χ2n) is 5.60. The van der Waals surface area contributed by atoms with Gasteiger partial charge in [0.05, 0.1) is 0 Å². The molecule has 3 heteroatoms. The average Bonchev–Trinajstić information content (AvgIpc) is 2.41. The lowest BCUT2D eigenvalue weighted by molar-refractivity contribution is 0.0954. The normalized spacial score (nSPS) is 19.1. The lowest BCUT2D eigenvalue weighted by Crippen LogP contribution is -2.21. The quantitative estimate of drug-likeness (QED) is 0.809. The predicted molar refractivity (Wildman–Crippen MR) is 78.4 cm³/mol. The van der Waals surface area contributed by atoms with Gasteiger partial charge >= 0.3 is 0 Å². The fourth-order valence-electron chi connectivity index (χ4n) is 2.28. The van der Waals surface area contributed by atoms with E-state index in [9.17, 15) is 4.79 Å². The van der Waals surface area contributed by atoms with Gasteiger partial charge in [-0.25, -0.2) is 5.43 Å². The number of hydrogen-bond acceptors (Lipinski definition) is 2. The zero-order valence-corrected chi connectivity index (χ0v) is 12.0. The van der Waals surface area contributed by atoms with Crippen molar-refractivity contribution in [2.75, 3.05) is 0 Å². The first kappa shape index (κ1) is 13.8. The standard InChI is InChI=1S/C16H22N2O/c1-11-4-8-15(9-5-11)17-18-16(19)14-7-6-12(2)13(3)10-14/h6-7,10-11H,4-5,8-9H2,1-3H3,(H,18,19). The Labute approximate surface area is 115 Å². The van der Waals surface area contributed by atoms with Crippen LogP contribution < -0.4 is 5.43 Å². The molecule has 0 aliphatic heterocycles. The van der Waals surface area contributed by atoms with E-state index < -0.39 is 0 Å². The van der Waals surface area contributed by atoms with Gasteiger partial charge in [-0.1, -0.05) is 13.0 Å². The highest BCUT2D eigenvalue weighted by Crippen LogP contribution is 2.21. The van der Waals surface area contributed by atoms with Crippen molar-refractivity contribution in [3.05, 3.63) is 34.9 Å². The molecule has 1 fully saturated rings. The maximum absolute atomic E-state index is 12.0. The van der Waals surface area contributed by atoms with Gasteiger partial charge in [-0.2, -0.15) is 5.10 Å². The second-order valence-corrected chi connectivity index (χ2v) is 5.60. The molecular formula is C16H22N2O. The summed E-state index contributed by atoms with van der Waals surface area (Å²) in [5, 5.41) is 4.26. The highest BCUT2D eigenvalue weighted by Gasteiger charge is 2.14. The third kappa shape index (κ3) is 3.66. The van der Waals surface area contributed by atoms with Crippen molar-refractivity contribution in [3.63, 3.8) is 0 Å². The minimum absolute atomic E-state index is 0.116. The number of rotatable bonds is 2. The van der Waals surface area contributed by atoms with Crippen molar-refractivity contribution in [2.45, 2.75) is 46.5 Å². The zero-order chi connectivity index (χ0) is 13.8. The number of hydrazone groups is 1. The van der Waals surface area contributed by atoms with Crippen LogP contribution in [0.3, 0.4) is 0 Å². The van der Waals surface area contributed by atoms with Crippen molar-refractivity contribution in [2.24, 2.45) is 11.0 Å². The van der Waals surface area contributed by atoms with E-state index in [-0.39, 0.29) is 5.91 Å². The van der Waals surface area contributed by atoms with Crippen molar-refractivity contribution < 1.29 is 4.79 Å². The Kier molecular flexibility index (Phi) is 4.35. The van der Waals surface area contributed by atoms with E-state index in [0.29, 0.717) is 5.56 Å². The van der Waals surface area contributed by atoms with E-state index in [1.165, 1.54) is 18.4 Å². The van der Waals surface area contributed by atoms with Crippen LogP contribution in [0.25, 0.3) is 0 Å². The smallest absolute Gasteiger partial charge is 0.267 e. The molecule has 0 heterocycles. The van der Waals surface area contributed by atoms with E-state index in [2.05, 4.69) is 17.5 Å². The molecule has 1 saturated carbocycles. The Balaban J connectivity index is 1.97. The summed E-state index contributed by atoms with van der Waals surface area (Å²) in [6.45, 7) is 6.32. The number of aryl methyl sites for hydroxylation is 2. The molecule has 2 rings (SSSR count). The molecule has 1 amide bonds. The van der Waals surface area contributed by atoms with Crippen LogP contribution in [0.15, 0.2) is 23.3 Å². The summed E-state index contributed by atoms with van der Waals surface area (Å²) in [4.78, 5) is 12.0. The second kappa shape index (κ2) is 6.00. The summed E-state index contributed by atoms with van der Waals surface area (Å²) in [5.74, 6) is 0.670. The molecule has 1 aromatic rings. The van der Waals surface area contributed by atoms with E-state index in [0.717, 1.165) is 30.0 Å². The Morgan fingerprint density at radius 1 is 1.21 bits per heavy atom. The Hall–Kier alpha value is -1.64. The van der Waals surface area contributed by atoms with Gasteiger partial charge in [-0.05, 0) is 68.7 Å². The largest absolute Gasteiger partial charge is 0.271 e.